The Morgan fingerprint density at radius 2 is 2.29 bits per heavy atom. The van der Waals surface area contributed by atoms with Gasteiger partial charge in [-0.1, -0.05) is 21.8 Å². The molecule has 0 bridgehead atoms. The highest BCUT2D eigenvalue weighted by Crippen LogP contribution is 2.36. The lowest BCUT2D eigenvalue weighted by Gasteiger charge is -2.36. The van der Waals surface area contributed by atoms with Gasteiger partial charge in [0.25, 0.3) is 0 Å². The van der Waals surface area contributed by atoms with E-state index in [2.05, 4.69) is 5.16 Å². The zero-order chi connectivity index (χ0) is 15.0. The van der Waals surface area contributed by atoms with Crippen molar-refractivity contribution in [3.63, 3.8) is 0 Å². The fourth-order valence-corrected chi connectivity index (χ4v) is 2.43. The van der Waals surface area contributed by atoms with Crippen LogP contribution in [0.25, 0.3) is 5.57 Å². The molecule has 0 saturated carbocycles. The van der Waals surface area contributed by atoms with Gasteiger partial charge in [0.15, 0.2) is 5.76 Å². The molecule has 0 spiro atoms. The smallest absolute Gasteiger partial charge is 0.430 e. The van der Waals surface area contributed by atoms with E-state index in [1.807, 2.05) is 0 Å². The molecule has 2 aliphatic heterocycles. The van der Waals surface area contributed by atoms with Crippen LogP contribution in [0.3, 0.4) is 0 Å². The van der Waals surface area contributed by atoms with Crippen molar-refractivity contribution in [2.75, 3.05) is 13.7 Å². The van der Waals surface area contributed by atoms with Crippen molar-refractivity contribution in [1.29, 1.82) is 0 Å². The van der Waals surface area contributed by atoms with Crippen LogP contribution in [-0.4, -0.2) is 42.0 Å². The molecule has 1 aromatic rings. The number of rotatable bonds is 3. The minimum absolute atomic E-state index is 0.251. The summed E-state index contributed by atoms with van der Waals surface area (Å²) in [5, 5.41) is 5.62. The number of aromatic nitrogens is 1. The second kappa shape index (κ2) is 5.47. The Bertz CT molecular complexity index is 625. The summed E-state index contributed by atoms with van der Waals surface area (Å²) in [5.74, 6) is -1.62. The van der Waals surface area contributed by atoms with E-state index < -0.39 is 18.2 Å². The number of carbonyl (C=O) groups excluding carboxylic acids is 2. The molecule has 1 aromatic heterocycles. The summed E-state index contributed by atoms with van der Waals surface area (Å²) in [6.07, 6.45) is -0.484. The summed E-state index contributed by atoms with van der Waals surface area (Å²) in [4.78, 5) is 27.5. The third-order valence-corrected chi connectivity index (χ3v) is 3.45. The molecule has 0 amide bonds. The normalized spacial score (nSPS) is 22.9. The van der Waals surface area contributed by atoms with Crippen LogP contribution in [0.5, 0.6) is 0 Å². The highest BCUT2D eigenvalue weighted by molar-refractivity contribution is 6.33. The molecule has 8 nitrogen and oxygen atoms in total. The summed E-state index contributed by atoms with van der Waals surface area (Å²) in [5.41, 5.74) is 0.849. The lowest BCUT2D eigenvalue weighted by atomic mass is 10.0. The minimum atomic E-state index is -1.07. The first kappa shape index (κ1) is 14.1. The third kappa shape index (κ3) is 2.53. The number of methoxy groups -OCH3 is 1. The van der Waals surface area contributed by atoms with Crippen LogP contribution in [0.4, 0.5) is 0 Å². The molecule has 1 atom stereocenters. The number of hydrogen-bond acceptors (Lipinski definition) is 8. The van der Waals surface area contributed by atoms with Crippen LogP contribution in [-0.2, 0) is 30.5 Å². The number of ether oxygens (including phenoxy) is 2. The van der Waals surface area contributed by atoms with Crippen LogP contribution in [0.15, 0.2) is 15.6 Å². The first-order valence-electron chi connectivity index (χ1n) is 6.13. The summed E-state index contributed by atoms with van der Waals surface area (Å²) in [6, 6.07) is 1.63. The molecule has 21 heavy (non-hydrogen) atoms. The maximum Gasteiger partial charge on any atom is 0.436 e. The maximum atomic E-state index is 11.4. The maximum absolute atomic E-state index is 11.4. The first-order chi connectivity index (χ1) is 10.1. The van der Waals surface area contributed by atoms with Gasteiger partial charge in [-0.25, -0.2) is 9.59 Å². The molecule has 0 radical (unpaired) electrons. The molecular formula is C12H11ClN2O6. The molecule has 1 fully saturated rings. The molecule has 1 unspecified atom stereocenters. The van der Waals surface area contributed by atoms with Crippen LogP contribution in [0.1, 0.15) is 17.9 Å². The summed E-state index contributed by atoms with van der Waals surface area (Å²) < 4.78 is 15.1. The minimum Gasteiger partial charge on any atom is -0.430 e. The van der Waals surface area contributed by atoms with E-state index >= 15 is 0 Å². The number of nitrogens with zero attached hydrogens (tertiary/aromatic N) is 2. The Morgan fingerprint density at radius 1 is 1.48 bits per heavy atom. The standard InChI is InChI=1S/C12H11ClN2O6/c1-18-5-6-4-8(14-20-6)9-7(13)2-3-15-10(9)19-11(16)12(17)21-15/h4,10H,2-3,5H2,1H3. The molecule has 2 aliphatic rings. The van der Waals surface area contributed by atoms with Gasteiger partial charge in [0, 0.05) is 24.8 Å². The molecule has 9 heteroatoms. The molecule has 0 aliphatic carbocycles. The Morgan fingerprint density at radius 3 is 3.05 bits per heavy atom. The number of hydrogen-bond donors (Lipinski definition) is 0. The highest BCUT2D eigenvalue weighted by atomic mass is 35.5. The van der Waals surface area contributed by atoms with Crippen LogP contribution >= 0.6 is 11.6 Å². The second-order valence-electron chi connectivity index (χ2n) is 4.46. The average Bonchev–Trinajstić information content (AvgIpc) is 2.89. The van der Waals surface area contributed by atoms with Crippen LogP contribution in [0.2, 0.25) is 0 Å². The van der Waals surface area contributed by atoms with E-state index in [4.69, 9.17) is 30.4 Å². The lowest BCUT2D eigenvalue weighted by Crippen LogP contribution is -2.51. The van der Waals surface area contributed by atoms with E-state index in [1.165, 1.54) is 12.2 Å². The Kier molecular flexibility index (Phi) is 3.66. The van der Waals surface area contributed by atoms with E-state index in [9.17, 15) is 9.59 Å². The number of esters is 1. The van der Waals surface area contributed by atoms with Gasteiger partial charge < -0.3 is 18.8 Å². The molecule has 1 saturated heterocycles. The van der Waals surface area contributed by atoms with E-state index in [0.717, 1.165) is 0 Å². The van der Waals surface area contributed by atoms with Gasteiger partial charge in [0.1, 0.15) is 12.3 Å². The quantitative estimate of drug-likeness (QED) is 0.598. The predicted molar refractivity (Wildman–Crippen MR) is 67.3 cm³/mol. The van der Waals surface area contributed by atoms with Crippen molar-refractivity contribution in [1.82, 2.24) is 10.2 Å². The van der Waals surface area contributed by atoms with Crippen molar-refractivity contribution in [3.8, 4) is 0 Å². The van der Waals surface area contributed by atoms with Crippen molar-refractivity contribution in [2.24, 2.45) is 0 Å². The summed E-state index contributed by atoms with van der Waals surface area (Å²) in [7, 11) is 1.53. The Hall–Kier alpha value is -1.90. The lowest BCUT2D eigenvalue weighted by molar-refractivity contribution is -0.255. The van der Waals surface area contributed by atoms with Gasteiger partial charge >= 0.3 is 11.9 Å². The van der Waals surface area contributed by atoms with E-state index in [1.54, 1.807) is 6.07 Å². The first-order valence-corrected chi connectivity index (χ1v) is 6.51. The van der Waals surface area contributed by atoms with Crippen molar-refractivity contribution in [3.05, 3.63) is 22.6 Å². The SMILES string of the molecule is COCc1cc(C2=C(Cl)CCN3OC(=O)C(=O)OC23)no1. The molecule has 3 heterocycles. The molecule has 112 valence electrons. The van der Waals surface area contributed by atoms with E-state index in [0.29, 0.717) is 35.0 Å². The predicted octanol–water partition coefficient (Wildman–Crippen LogP) is 0.818. The number of carbonyl (C=O) groups is 2. The third-order valence-electron chi connectivity index (χ3n) is 3.06. The Labute approximate surface area is 124 Å². The second-order valence-corrected chi connectivity index (χ2v) is 4.91. The summed E-state index contributed by atoms with van der Waals surface area (Å²) >= 11 is 6.22. The van der Waals surface area contributed by atoms with Gasteiger partial charge in [-0.3, -0.25) is 0 Å². The highest BCUT2D eigenvalue weighted by Gasteiger charge is 2.43. The fraction of sp³-hybridized carbons (Fsp3) is 0.417. The van der Waals surface area contributed by atoms with Crippen LogP contribution in [0, 0.1) is 0 Å². The monoisotopic (exact) mass is 314 g/mol. The molecular weight excluding hydrogens is 304 g/mol. The van der Waals surface area contributed by atoms with Crippen LogP contribution < -0.4 is 0 Å². The van der Waals surface area contributed by atoms with Crippen molar-refractivity contribution >= 4 is 29.1 Å². The van der Waals surface area contributed by atoms with Gasteiger partial charge in [-0.05, 0) is 6.42 Å². The molecule has 0 aromatic carbocycles. The fourth-order valence-electron chi connectivity index (χ4n) is 2.16. The zero-order valence-corrected chi connectivity index (χ0v) is 11.8. The number of hydroxylamine groups is 2. The number of halogens is 1. The van der Waals surface area contributed by atoms with Gasteiger partial charge in [0.05, 0.1) is 5.57 Å². The topological polar surface area (TPSA) is 91.1 Å². The van der Waals surface area contributed by atoms with E-state index in [-0.39, 0.29) is 6.61 Å². The molecule has 3 rings (SSSR count). The van der Waals surface area contributed by atoms with Crippen molar-refractivity contribution < 1.29 is 28.4 Å². The van der Waals surface area contributed by atoms with Gasteiger partial charge in [0.2, 0.25) is 6.23 Å². The largest absolute Gasteiger partial charge is 0.436 e. The Balaban J connectivity index is 1.94. The van der Waals surface area contributed by atoms with Gasteiger partial charge in [-0.2, -0.15) is 0 Å². The average molecular weight is 315 g/mol. The summed E-state index contributed by atoms with van der Waals surface area (Å²) in [6.45, 7) is 0.579. The van der Waals surface area contributed by atoms with Crippen molar-refractivity contribution in [2.45, 2.75) is 19.3 Å². The molecule has 0 N–H and O–H groups in total. The van der Waals surface area contributed by atoms with Gasteiger partial charge in [-0.15, -0.1) is 0 Å². The number of fused-ring (bicyclic) bond motifs is 1. The zero-order valence-electron chi connectivity index (χ0n) is 11.0.